The fourth-order valence-corrected chi connectivity index (χ4v) is 3.66. The number of halogens is 1. The predicted molar refractivity (Wildman–Crippen MR) is 110 cm³/mol. The molecule has 0 unspecified atom stereocenters. The van der Waals surface area contributed by atoms with Crippen molar-refractivity contribution in [1.29, 1.82) is 0 Å². The maximum Gasteiger partial charge on any atom is 0.147 e. The summed E-state index contributed by atoms with van der Waals surface area (Å²) >= 11 is 1.73. The smallest absolute Gasteiger partial charge is 0.147 e. The van der Waals surface area contributed by atoms with Gasteiger partial charge in [0.25, 0.3) is 0 Å². The minimum atomic E-state index is -0.199. The van der Waals surface area contributed by atoms with Gasteiger partial charge in [0.05, 0.1) is 18.1 Å². The van der Waals surface area contributed by atoms with Crippen LogP contribution in [0.15, 0.2) is 65.8 Å². The molecule has 0 saturated carbocycles. The molecule has 0 N–H and O–H groups in total. The summed E-state index contributed by atoms with van der Waals surface area (Å²) in [7, 11) is 0. The van der Waals surface area contributed by atoms with Gasteiger partial charge in [-0.1, -0.05) is 12.1 Å². The van der Waals surface area contributed by atoms with Crippen molar-refractivity contribution in [1.82, 2.24) is 9.97 Å². The molecule has 1 aromatic heterocycles. The van der Waals surface area contributed by atoms with Gasteiger partial charge in [0, 0.05) is 42.3 Å². The van der Waals surface area contributed by atoms with Gasteiger partial charge in [-0.3, -0.25) is 4.98 Å². The summed E-state index contributed by atoms with van der Waals surface area (Å²) in [5.74, 6) is 0.704. The van der Waals surface area contributed by atoms with E-state index < -0.39 is 0 Å². The Morgan fingerprint density at radius 3 is 2.19 bits per heavy atom. The molecule has 4 nitrogen and oxygen atoms in total. The minimum Gasteiger partial charge on any atom is -0.368 e. The number of hydrogen-bond donors (Lipinski definition) is 0. The zero-order chi connectivity index (χ0) is 18.6. The Kier molecular flexibility index (Phi) is 5.25. The SMILES string of the molecule is CSc1ccc(-c2cncc(N3CCN(c4ccc(F)cc4)CC3)n2)cc1. The van der Waals surface area contributed by atoms with Crippen LogP contribution in [0, 0.1) is 5.82 Å². The summed E-state index contributed by atoms with van der Waals surface area (Å²) < 4.78 is 13.1. The van der Waals surface area contributed by atoms with Crippen LogP contribution < -0.4 is 9.80 Å². The first kappa shape index (κ1) is 17.8. The summed E-state index contributed by atoms with van der Waals surface area (Å²) in [5.41, 5.74) is 3.03. The van der Waals surface area contributed by atoms with Crippen LogP contribution in [0.5, 0.6) is 0 Å². The Morgan fingerprint density at radius 1 is 0.852 bits per heavy atom. The molecule has 1 aliphatic heterocycles. The maximum absolute atomic E-state index is 13.1. The van der Waals surface area contributed by atoms with E-state index in [0.29, 0.717) is 0 Å². The first-order chi connectivity index (χ1) is 13.2. The monoisotopic (exact) mass is 380 g/mol. The van der Waals surface area contributed by atoms with Gasteiger partial charge >= 0.3 is 0 Å². The van der Waals surface area contributed by atoms with Crippen molar-refractivity contribution >= 4 is 23.3 Å². The van der Waals surface area contributed by atoms with Gasteiger partial charge in [-0.25, -0.2) is 9.37 Å². The van der Waals surface area contributed by atoms with Crippen molar-refractivity contribution in [2.75, 3.05) is 42.2 Å². The van der Waals surface area contributed by atoms with E-state index in [0.717, 1.165) is 48.9 Å². The molecule has 0 radical (unpaired) electrons. The summed E-state index contributed by atoms with van der Waals surface area (Å²) in [6.45, 7) is 3.47. The molecule has 0 spiro atoms. The molecule has 2 heterocycles. The Labute approximate surface area is 163 Å². The van der Waals surface area contributed by atoms with Crippen LogP contribution in [0.2, 0.25) is 0 Å². The number of nitrogens with zero attached hydrogens (tertiary/aromatic N) is 4. The molecule has 0 amide bonds. The Morgan fingerprint density at radius 2 is 1.52 bits per heavy atom. The average molecular weight is 380 g/mol. The largest absolute Gasteiger partial charge is 0.368 e. The highest BCUT2D eigenvalue weighted by Gasteiger charge is 2.19. The summed E-state index contributed by atoms with van der Waals surface area (Å²) in [5, 5.41) is 0. The molecule has 1 aliphatic rings. The lowest BCUT2D eigenvalue weighted by atomic mass is 10.1. The molecule has 1 saturated heterocycles. The third-order valence-corrected chi connectivity index (χ3v) is 5.55. The lowest BCUT2D eigenvalue weighted by molar-refractivity contribution is 0.624. The van der Waals surface area contributed by atoms with Crippen LogP contribution in [0.3, 0.4) is 0 Å². The molecule has 2 aromatic carbocycles. The number of rotatable bonds is 4. The molecule has 138 valence electrons. The zero-order valence-corrected chi connectivity index (χ0v) is 16.0. The van der Waals surface area contributed by atoms with Crippen molar-refractivity contribution in [3.8, 4) is 11.3 Å². The maximum atomic E-state index is 13.1. The van der Waals surface area contributed by atoms with Gasteiger partial charge in [0.1, 0.15) is 11.6 Å². The van der Waals surface area contributed by atoms with Crippen LogP contribution in [0.4, 0.5) is 15.9 Å². The fourth-order valence-electron chi connectivity index (χ4n) is 3.25. The number of anilines is 2. The second-order valence-corrected chi connectivity index (χ2v) is 7.32. The third-order valence-electron chi connectivity index (χ3n) is 4.80. The van der Waals surface area contributed by atoms with Gasteiger partial charge in [0.15, 0.2) is 0 Å². The van der Waals surface area contributed by atoms with E-state index in [9.17, 15) is 4.39 Å². The molecule has 4 rings (SSSR count). The molecular formula is C21H21FN4S. The number of piperazine rings is 1. The molecule has 0 bridgehead atoms. The van der Waals surface area contributed by atoms with E-state index in [2.05, 4.69) is 45.3 Å². The second kappa shape index (κ2) is 7.96. The number of thioether (sulfide) groups is 1. The Hall–Kier alpha value is -2.60. The predicted octanol–water partition coefficient (Wildman–Crippen LogP) is 4.33. The normalized spacial score (nSPS) is 14.4. The van der Waals surface area contributed by atoms with Crippen molar-refractivity contribution in [2.24, 2.45) is 0 Å². The molecule has 0 aliphatic carbocycles. The molecule has 6 heteroatoms. The van der Waals surface area contributed by atoms with E-state index in [1.165, 1.54) is 17.0 Å². The van der Waals surface area contributed by atoms with Gasteiger partial charge < -0.3 is 9.80 Å². The second-order valence-electron chi connectivity index (χ2n) is 6.44. The summed E-state index contributed by atoms with van der Waals surface area (Å²) in [4.78, 5) is 15.0. The summed E-state index contributed by atoms with van der Waals surface area (Å²) in [6, 6.07) is 15.1. The quantitative estimate of drug-likeness (QED) is 0.629. The number of aromatic nitrogens is 2. The van der Waals surface area contributed by atoms with Crippen LogP contribution in [-0.2, 0) is 0 Å². The van der Waals surface area contributed by atoms with Gasteiger partial charge in [0.2, 0.25) is 0 Å². The first-order valence-electron chi connectivity index (χ1n) is 8.95. The van der Waals surface area contributed by atoms with Crippen molar-refractivity contribution < 1.29 is 4.39 Å². The zero-order valence-electron chi connectivity index (χ0n) is 15.2. The van der Waals surface area contributed by atoms with E-state index in [1.807, 2.05) is 24.5 Å². The highest BCUT2D eigenvalue weighted by molar-refractivity contribution is 7.98. The van der Waals surface area contributed by atoms with Crippen molar-refractivity contribution in [2.45, 2.75) is 4.90 Å². The van der Waals surface area contributed by atoms with Crippen molar-refractivity contribution in [3.05, 3.63) is 66.7 Å². The fraction of sp³-hybridized carbons (Fsp3) is 0.238. The first-order valence-corrected chi connectivity index (χ1v) is 10.2. The van der Waals surface area contributed by atoms with Crippen LogP contribution >= 0.6 is 11.8 Å². The van der Waals surface area contributed by atoms with Gasteiger partial charge in [-0.15, -0.1) is 11.8 Å². The van der Waals surface area contributed by atoms with Gasteiger partial charge in [-0.05, 0) is 42.7 Å². The molecule has 27 heavy (non-hydrogen) atoms. The van der Waals surface area contributed by atoms with E-state index in [4.69, 9.17) is 4.98 Å². The molecular weight excluding hydrogens is 359 g/mol. The van der Waals surface area contributed by atoms with Crippen LogP contribution in [0.1, 0.15) is 0 Å². The standard InChI is InChI=1S/C21H21FN4S/c1-27-19-8-2-16(3-9-19)20-14-23-15-21(24-20)26-12-10-25(11-13-26)18-6-4-17(22)5-7-18/h2-9,14-15H,10-13H2,1H3. The van der Waals surface area contributed by atoms with E-state index >= 15 is 0 Å². The number of benzene rings is 2. The highest BCUT2D eigenvalue weighted by Crippen LogP contribution is 2.24. The van der Waals surface area contributed by atoms with Crippen molar-refractivity contribution in [3.63, 3.8) is 0 Å². The lowest BCUT2D eigenvalue weighted by Crippen LogP contribution is -2.46. The minimum absolute atomic E-state index is 0.199. The Balaban J connectivity index is 1.46. The molecule has 3 aromatic rings. The average Bonchev–Trinajstić information content (AvgIpc) is 2.75. The van der Waals surface area contributed by atoms with Crippen LogP contribution in [-0.4, -0.2) is 42.4 Å². The number of hydrogen-bond acceptors (Lipinski definition) is 5. The Bertz CT molecular complexity index is 891. The highest BCUT2D eigenvalue weighted by atomic mass is 32.2. The third kappa shape index (κ3) is 4.06. The molecule has 1 fully saturated rings. The van der Waals surface area contributed by atoms with E-state index in [1.54, 1.807) is 11.8 Å². The molecule has 0 atom stereocenters. The van der Waals surface area contributed by atoms with Gasteiger partial charge in [-0.2, -0.15) is 0 Å². The van der Waals surface area contributed by atoms with Crippen LogP contribution in [0.25, 0.3) is 11.3 Å². The summed E-state index contributed by atoms with van der Waals surface area (Å²) in [6.07, 6.45) is 5.71. The lowest BCUT2D eigenvalue weighted by Gasteiger charge is -2.36. The van der Waals surface area contributed by atoms with E-state index in [-0.39, 0.29) is 5.82 Å². The topological polar surface area (TPSA) is 32.3 Å².